The highest BCUT2D eigenvalue weighted by Gasteiger charge is 2.33. The van der Waals surface area contributed by atoms with Crippen LogP contribution in [0.4, 0.5) is 5.82 Å². The van der Waals surface area contributed by atoms with Crippen LogP contribution in [0, 0.1) is 12.8 Å². The van der Waals surface area contributed by atoms with Gasteiger partial charge in [-0.2, -0.15) is 5.10 Å². The second-order valence-electron chi connectivity index (χ2n) is 7.76. The maximum atomic E-state index is 6.74. The van der Waals surface area contributed by atoms with Gasteiger partial charge in [0.2, 0.25) is 0 Å². The molecule has 1 atom stereocenters. The van der Waals surface area contributed by atoms with Crippen molar-refractivity contribution in [2.45, 2.75) is 65.0 Å². The quantitative estimate of drug-likeness (QED) is 0.788. The largest absolute Gasteiger partial charge is 0.349 e. The zero-order valence-electron chi connectivity index (χ0n) is 15.2. The molecule has 1 saturated carbocycles. The summed E-state index contributed by atoms with van der Waals surface area (Å²) in [7, 11) is 0. The monoisotopic (exact) mass is 359 g/mol. The highest BCUT2D eigenvalue weighted by Crippen LogP contribution is 2.42. The van der Waals surface area contributed by atoms with Gasteiger partial charge in [-0.3, -0.25) is 4.68 Å². The van der Waals surface area contributed by atoms with Gasteiger partial charge in [0.25, 0.3) is 0 Å². The van der Waals surface area contributed by atoms with Crippen LogP contribution in [-0.4, -0.2) is 26.3 Å². The van der Waals surface area contributed by atoms with Crippen molar-refractivity contribution in [2.75, 3.05) is 11.4 Å². The fourth-order valence-electron chi connectivity index (χ4n) is 3.82. The maximum absolute atomic E-state index is 6.74. The number of hydrogen-bond acceptors (Lipinski definition) is 4. The molecule has 1 unspecified atom stereocenters. The predicted octanol–water partition coefficient (Wildman–Crippen LogP) is 4.51. The van der Waals surface area contributed by atoms with Crippen LogP contribution in [0.3, 0.4) is 0 Å². The fourth-order valence-corrected chi connectivity index (χ4v) is 4.19. The summed E-state index contributed by atoms with van der Waals surface area (Å²) in [5, 5.41) is 5.50. The van der Waals surface area contributed by atoms with Gasteiger partial charge < -0.3 is 4.90 Å². The lowest BCUT2D eigenvalue weighted by Gasteiger charge is -2.26. The third kappa shape index (κ3) is 3.26. The molecule has 0 amide bonds. The Morgan fingerprint density at radius 3 is 2.80 bits per heavy atom. The van der Waals surface area contributed by atoms with Gasteiger partial charge in [0.05, 0.1) is 11.7 Å². The average molecular weight is 360 g/mol. The molecule has 0 bridgehead atoms. The summed E-state index contributed by atoms with van der Waals surface area (Å²) in [6.07, 6.45) is 6.59. The summed E-state index contributed by atoms with van der Waals surface area (Å²) in [6, 6.07) is 2.29. The fraction of sp³-hybridized carbons (Fsp3) is 0.632. The normalized spacial score (nSPS) is 20.7. The third-order valence-corrected chi connectivity index (χ3v) is 5.53. The average Bonchev–Trinajstić information content (AvgIpc) is 3.26. The Balaban J connectivity index is 1.66. The minimum Gasteiger partial charge on any atom is -0.349 e. The van der Waals surface area contributed by atoms with Crippen molar-refractivity contribution >= 4 is 17.4 Å². The standard InChI is InChI=1S/C19H26ClN5/c1-12(2)11-25-18(20)17(13(3)23-25)15-5-4-10-24(15)16-8-9-21-19(22-16)14-6-7-14/h8-9,12,14-15H,4-7,10-11H2,1-3H3. The van der Waals surface area contributed by atoms with E-state index in [1.165, 1.54) is 18.4 Å². The smallest absolute Gasteiger partial charge is 0.133 e. The van der Waals surface area contributed by atoms with Gasteiger partial charge in [-0.1, -0.05) is 25.4 Å². The highest BCUT2D eigenvalue weighted by atomic mass is 35.5. The Morgan fingerprint density at radius 1 is 1.28 bits per heavy atom. The molecule has 6 heteroatoms. The van der Waals surface area contributed by atoms with E-state index in [0.717, 1.165) is 48.4 Å². The zero-order valence-corrected chi connectivity index (χ0v) is 16.0. The number of anilines is 1. The maximum Gasteiger partial charge on any atom is 0.133 e. The molecular weight excluding hydrogens is 334 g/mol. The lowest BCUT2D eigenvalue weighted by molar-refractivity contribution is 0.481. The topological polar surface area (TPSA) is 46.8 Å². The first kappa shape index (κ1) is 16.8. The van der Waals surface area contributed by atoms with Crippen LogP contribution < -0.4 is 4.90 Å². The van der Waals surface area contributed by atoms with Crippen LogP contribution in [-0.2, 0) is 6.54 Å². The summed E-state index contributed by atoms with van der Waals surface area (Å²) in [6.45, 7) is 8.32. The van der Waals surface area contributed by atoms with E-state index >= 15 is 0 Å². The third-order valence-electron chi connectivity index (χ3n) is 5.13. The van der Waals surface area contributed by atoms with Gasteiger partial charge in [0.1, 0.15) is 16.8 Å². The predicted molar refractivity (Wildman–Crippen MR) is 100 cm³/mol. The van der Waals surface area contributed by atoms with Crippen molar-refractivity contribution < 1.29 is 0 Å². The van der Waals surface area contributed by atoms with Crippen molar-refractivity contribution in [1.29, 1.82) is 0 Å². The number of hydrogen-bond donors (Lipinski definition) is 0. The Hall–Kier alpha value is -1.62. The van der Waals surface area contributed by atoms with E-state index in [2.05, 4.69) is 30.7 Å². The van der Waals surface area contributed by atoms with Gasteiger partial charge in [-0.25, -0.2) is 9.97 Å². The molecule has 0 radical (unpaired) electrons. The van der Waals surface area contributed by atoms with Crippen LogP contribution in [0.5, 0.6) is 0 Å². The molecule has 5 nitrogen and oxygen atoms in total. The summed E-state index contributed by atoms with van der Waals surface area (Å²) in [5.74, 6) is 3.13. The summed E-state index contributed by atoms with van der Waals surface area (Å²) in [5.41, 5.74) is 2.21. The molecule has 2 aromatic heterocycles. The lowest BCUT2D eigenvalue weighted by Crippen LogP contribution is -2.24. The first-order chi connectivity index (χ1) is 12.0. The first-order valence-corrected chi connectivity index (χ1v) is 9.74. The van der Waals surface area contributed by atoms with E-state index in [9.17, 15) is 0 Å². The number of nitrogens with zero attached hydrogens (tertiary/aromatic N) is 5. The van der Waals surface area contributed by atoms with E-state index in [-0.39, 0.29) is 6.04 Å². The molecule has 4 rings (SSSR count). The molecule has 0 aromatic carbocycles. The molecule has 1 saturated heterocycles. The molecule has 0 spiro atoms. The second-order valence-corrected chi connectivity index (χ2v) is 8.12. The molecule has 3 heterocycles. The van der Waals surface area contributed by atoms with Crippen LogP contribution >= 0.6 is 11.6 Å². The van der Waals surface area contributed by atoms with Crippen LogP contribution in [0.25, 0.3) is 0 Å². The Kier molecular flexibility index (Phi) is 4.44. The Labute approximate surface area is 154 Å². The molecule has 1 aliphatic heterocycles. The Morgan fingerprint density at radius 2 is 2.08 bits per heavy atom. The molecule has 2 fully saturated rings. The molecule has 134 valence electrons. The van der Waals surface area contributed by atoms with E-state index in [1.54, 1.807) is 0 Å². The number of aromatic nitrogens is 4. The number of rotatable bonds is 5. The molecule has 1 aliphatic carbocycles. The van der Waals surface area contributed by atoms with Crippen molar-refractivity contribution in [3.8, 4) is 0 Å². The van der Waals surface area contributed by atoms with Crippen LogP contribution in [0.2, 0.25) is 5.15 Å². The van der Waals surface area contributed by atoms with Gasteiger partial charge in [-0.15, -0.1) is 0 Å². The van der Waals surface area contributed by atoms with Crippen molar-refractivity contribution in [3.05, 3.63) is 34.5 Å². The van der Waals surface area contributed by atoms with E-state index < -0.39 is 0 Å². The van der Waals surface area contributed by atoms with Crippen molar-refractivity contribution in [1.82, 2.24) is 19.7 Å². The van der Waals surface area contributed by atoms with Crippen LogP contribution in [0.1, 0.15) is 68.6 Å². The number of halogens is 1. The van der Waals surface area contributed by atoms with Gasteiger partial charge >= 0.3 is 0 Å². The minimum absolute atomic E-state index is 0.260. The Bertz CT molecular complexity index is 765. The van der Waals surface area contributed by atoms with Gasteiger partial charge in [-0.05, 0) is 44.6 Å². The molecule has 2 aromatic rings. The minimum atomic E-state index is 0.260. The van der Waals surface area contributed by atoms with Crippen LogP contribution in [0.15, 0.2) is 12.3 Å². The summed E-state index contributed by atoms with van der Waals surface area (Å²) in [4.78, 5) is 11.7. The number of aryl methyl sites for hydroxylation is 1. The summed E-state index contributed by atoms with van der Waals surface area (Å²) < 4.78 is 1.96. The zero-order chi connectivity index (χ0) is 17.6. The lowest BCUT2D eigenvalue weighted by atomic mass is 10.1. The van der Waals surface area contributed by atoms with E-state index in [0.29, 0.717) is 11.8 Å². The van der Waals surface area contributed by atoms with Gasteiger partial charge in [0, 0.05) is 30.8 Å². The second kappa shape index (κ2) is 6.60. The van der Waals surface area contributed by atoms with Crippen molar-refractivity contribution in [2.24, 2.45) is 5.92 Å². The molecular formula is C19H26ClN5. The first-order valence-electron chi connectivity index (χ1n) is 9.37. The van der Waals surface area contributed by atoms with E-state index in [1.807, 2.05) is 16.9 Å². The van der Waals surface area contributed by atoms with Crippen molar-refractivity contribution in [3.63, 3.8) is 0 Å². The summed E-state index contributed by atoms with van der Waals surface area (Å²) >= 11 is 6.74. The van der Waals surface area contributed by atoms with E-state index in [4.69, 9.17) is 21.7 Å². The molecule has 2 aliphatic rings. The molecule has 0 N–H and O–H groups in total. The SMILES string of the molecule is Cc1nn(CC(C)C)c(Cl)c1C1CCCN1c1ccnc(C2CC2)n1. The highest BCUT2D eigenvalue weighted by molar-refractivity contribution is 6.30. The van der Waals surface area contributed by atoms with Gasteiger partial charge in [0.15, 0.2) is 0 Å². The molecule has 25 heavy (non-hydrogen) atoms.